The Bertz CT molecular complexity index is 1170. The Labute approximate surface area is 212 Å². The Balaban J connectivity index is 1.74. The van der Waals surface area contributed by atoms with Gasteiger partial charge in [-0.1, -0.05) is 19.9 Å². The van der Waals surface area contributed by atoms with Crippen LogP contribution in [0.25, 0.3) is 11.3 Å². The second-order valence-corrected chi connectivity index (χ2v) is 9.28. The fourth-order valence-electron chi connectivity index (χ4n) is 4.50. The minimum atomic E-state index is -0.321. The van der Waals surface area contributed by atoms with Gasteiger partial charge in [-0.2, -0.15) is 5.10 Å². The van der Waals surface area contributed by atoms with Gasteiger partial charge in [-0.05, 0) is 60.7 Å². The number of amides is 1. The summed E-state index contributed by atoms with van der Waals surface area (Å²) in [6.45, 7) is 6.08. The third-order valence-corrected chi connectivity index (χ3v) is 6.43. The maximum Gasteiger partial charge on any atom is 0.273 e. The average molecular weight is 494 g/mol. The van der Waals surface area contributed by atoms with Crippen LogP contribution in [0.1, 0.15) is 54.3 Å². The van der Waals surface area contributed by atoms with E-state index in [-0.39, 0.29) is 11.9 Å². The van der Waals surface area contributed by atoms with E-state index >= 15 is 0 Å². The van der Waals surface area contributed by atoms with Crippen molar-refractivity contribution in [3.05, 3.63) is 59.3 Å². The highest BCUT2D eigenvalue weighted by molar-refractivity contribution is 6.00. The van der Waals surface area contributed by atoms with Gasteiger partial charge in [-0.15, -0.1) is 0 Å². The Morgan fingerprint density at radius 3 is 2.44 bits per heavy atom. The second-order valence-electron chi connectivity index (χ2n) is 9.28. The van der Waals surface area contributed by atoms with E-state index in [1.54, 1.807) is 21.3 Å². The number of rotatable bonds is 12. The van der Waals surface area contributed by atoms with E-state index in [4.69, 9.17) is 18.9 Å². The number of carbonyl (C=O) groups excluding carboxylic acids is 1. The SMILES string of the molecule is COCCCN1C(=O)c2[nH]nc(-c3ccc(OC)cc3)c2C1c1ccc(OCCC(C)C)c(OC)c1. The fraction of sp³-hybridized carbons (Fsp3) is 0.429. The van der Waals surface area contributed by atoms with Crippen LogP contribution >= 0.6 is 0 Å². The van der Waals surface area contributed by atoms with Crippen LogP contribution in [0.3, 0.4) is 0 Å². The third-order valence-electron chi connectivity index (χ3n) is 6.43. The van der Waals surface area contributed by atoms with Gasteiger partial charge in [-0.3, -0.25) is 9.89 Å². The maximum atomic E-state index is 13.5. The Morgan fingerprint density at radius 1 is 1.00 bits per heavy atom. The number of nitrogens with zero attached hydrogens (tertiary/aromatic N) is 2. The number of methoxy groups -OCH3 is 3. The molecule has 1 aliphatic rings. The van der Waals surface area contributed by atoms with Crippen molar-refractivity contribution in [1.29, 1.82) is 0 Å². The molecular formula is C28H35N3O5. The van der Waals surface area contributed by atoms with Crippen LogP contribution in [0, 0.1) is 5.92 Å². The van der Waals surface area contributed by atoms with Crippen molar-refractivity contribution in [3.63, 3.8) is 0 Å². The number of hydrogen-bond donors (Lipinski definition) is 1. The van der Waals surface area contributed by atoms with Crippen molar-refractivity contribution in [3.8, 4) is 28.5 Å². The molecule has 0 radical (unpaired) electrons. The number of benzene rings is 2. The molecule has 192 valence electrons. The molecule has 0 aliphatic carbocycles. The van der Waals surface area contributed by atoms with Crippen LogP contribution in [-0.4, -0.2) is 62.1 Å². The van der Waals surface area contributed by atoms with E-state index in [0.29, 0.717) is 42.9 Å². The van der Waals surface area contributed by atoms with Crippen LogP contribution in [0.4, 0.5) is 0 Å². The van der Waals surface area contributed by atoms with Gasteiger partial charge in [0.2, 0.25) is 0 Å². The zero-order valence-corrected chi connectivity index (χ0v) is 21.7. The first-order chi connectivity index (χ1) is 17.5. The fourth-order valence-corrected chi connectivity index (χ4v) is 4.50. The molecule has 8 heteroatoms. The van der Waals surface area contributed by atoms with Crippen molar-refractivity contribution in [2.45, 2.75) is 32.7 Å². The zero-order valence-electron chi connectivity index (χ0n) is 21.7. The summed E-state index contributed by atoms with van der Waals surface area (Å²) in [4.78, 5) is 15.4. The Kier molecular flexibility index (Phi) is 8.15. The van der Waals surface area contributed by atoms with E-state index < -0.39 is 0 Å². The average Bonchev–Trinajstić information content (AvgIpc) is 3.43. The minimum Gasteiger partial charge on any atom is -0.497 e. The van der Waals surface area contributed by atoms with Crippen molar-refractivity contribution < 1.29 is 23.7 Å². The molecule has 1 N–H and O–H groups in total. The maximum absolute atomic E-state index is 13.5. The summed E-state index contributed by atoms with van der Waals surface area (Å²) in [6.07, 6.45) is 1.68. The highest BCUT2D eigenvalue weighted by atomic mass is 16.5. The lowest BCUT2D eigenvalue weighted by atomic mass is 9.95. The molecule has 1 aromatic heterocycles. The molecule has 0 fully saturated rings. The molecule has 1 unspecified atom stereocenters. The van der Waals surface area contributed by atoms with Crippen LogP contribution in [0.15, 0.2) is 42.5 Å². The molecule has 0 saturated heterocycles. The first-order valence-corrected chi connectivity index (χ1v) is 12.3. The number of nitrogens with one attached hydrogen (secondary N) is 1. The van der Waals surface area contributed by atoms with Gasteiger partial charge in [0, 0.05) is 31.4 Å². The van der Waals surface area contributed by atoms with E-state index in [0.717, 1.165) is 41.0 Å². The lowest BCUT2D eigenvalue weighted by Gasteiger charge is -2.27. The summed E-state index contributed by atoms with van der Waals surface area (Å²) in [5.74, 6) is 2.58. The number of aromatic amines is 1. The molecule has 0 bridgehead atoms. The highest BCUT2D eigenvalue weighted by Crippen LogP contribution is 2.44. The molecule has 1 amide bonds. The van der Waals surface area contributed by atoms with Gasteiger partial charge in [0.05, 0.1) is 32.6 Å². The van der Waals surface area contributed by atoms with Crippen LogP contribution in [0.2, 0.25) is 0 Å². The molecule has 4 rings (SSSR count). The molecule has 0 spiro atoms. The summed E-state index contributed by atoms with van der Waals surface area (Å²) in [7, 11) is 4.94. The summed E-state index contributed by atoms with van der Waals surface area (Å²) < 4.78 is 22.2. The van der Waals surface area contributed by atoms with Gasteiger partial charge in [0.15, 0.2) is 11.5 Å². The van der Waals surface area contributed by atoms with E-state index in [2.05, 4.69) is 24.0 Å². The summed E-state index contributed by atoms with van der Waals surface area (Å²) in [5, 5.41) is 7.55. The molecule has 8 nitrogen and oxygen atoms in total. The number of ether oxygens (including phenoxy) is 4. The molecule has 36 heavy (non-hydrogen) atoms. The van der Waals surface area contributed by atoms with E-state index in [9.17, 15) is 4.79 Å². The Hall–Kier alpha value is -3.52. The molecular weight excluding hydrogens is 458 g/mol. The lowest BCUT2D eigenvalue weighted by molar-refractivity contribution is 0.0723. The summed E-state index contributed by atoms with van der Waals surface area (Å²) in [6, 6.07) is 13.3. The van der Waals surface area contributed by atoms with Crippen molar-refractivity contribution in [1.82, 2.24) is 15.1 Å². The highest BCUT2D eigenvalue weighted by Gasteiger charge is 2.42. The van der Waals surface area contributed by atoms with Crippen molar-refractivity contribution >= 4 is 5.91 Å². The van der Waals surface area contributed by atoms with E-state index in [1.807, 2.05) is 47.4 Å². The van der Waals surface area contributed by atoms with Gasteiger partial charge >= 0.3 is 0 Å². The van der Waals surface area contributed by atoms with E-state index in [1.165, 1.54) is 0 Å². The van der Waals surface area contributed by atoms with Crippen molar-refractivity contribution in [2.75, 3.05) is 41.1 Å². The first kappa shape index (κ1) is 25.6. The standard InChI is InChI=1S/C28H35N3O5/c1-18(2)13-16-36-22-12-9-20(17-23(22)35-5)27-24-25(19-7-10-21(34-4)11-8-19)29-30-26(24)28(32)31(27)14-6-15-33-3/h7-12,17-18,27H,6,13-16H2,1-5H3,(H,29,30). The normalized spacial score (nSPS) is 14.9. The quantitative estimate of drug-likeness (QED) is 0.353. The van der Waals surface area contributed by atoms with Crippen LogP contribution in [-0.2, 0) is 4.74 Å². The number of hydrogen-bond acceptors (Lipinski definition) is 6. The number of H-pyrrole nitrogens is 1. The largest absolute Gasteiger partial charge is 0.497 e. The van der Waals surface area contributed by atoms with Gasteiger partial charge in [0.25, 0.3) is 5.91 Å². The molecule has 1 aliphatic heterocycles. The van der Waals surface area contributed by atoms with Gasteiger partial charge < -0.3 is 23.8 Å². The summed E-state index contributed by atoms with van der Waals surface area (Å²) >= 11 is 0. The van der Waals surface area contributed by atoms with Gasteiger partial charge in [-0.25, -0.2) is 0 Å². The predicted molar refractivity (Wildman–Crippen MR) is 138 cm³/mol. The first-order valence-electron chi connectivity index (χ1n) is 12.3. The smallest absolute Gasteiger partial charge is 0.273 e. The van der Waals surface area contributed by atoms with Crippen molar-refractivity contribution in [2.24, 2.45) is 5.92 Å². The van der Waals surface area contributed by atoms with Crippen LogP contribution < -0.4 is 14.2 Å². The number of carbonyl (C=O) groups is 1. The minimum absolute atomic E-state index is 0.0745. The number of fused-ring (bicyclic) bond motifs is 1. The molecule has 1 atom stereocenters. The molecule has 2 aromatic carbocycles. The lowest BCUT2D eigenvalue weighted by Crippen LogP contribution is -2.31. The molecule has 2 heterocycles. The monoisotopic (exact) mass is 493 g/mol. The van der Waals surface area contributed by atoms with Gasteiger partial charge in [0.1, 0.15) is 11.4 Å². The summed E-state index contributed by atoms with van der Waals surface area (Å²) in [5.41, 5.74) is 3.96. The predicted octanol–water partition coefficient (Wildman–Crippen LogP) is 5.10. The number of aromatic nitrogens is 2. The second kappa shape index (κ2) is 11.5. The van der Waals surface area contributed by atoms with Crippen LogP contribution in [0.5, 0.6) is 17.2 Å². The zero-order chi connectivity index (χ0) is 25.7. The molecule has 0 saturated carbocycles. The topological polar surface area (TPSA) is 85.9 Å². The third kappa shape index (κ3) is 5.18. The molecule has 3 aromatic rings. The Morgan fingerprint density at radius 2 is 1.78 bits per heavy atom.